The van der Waals surface area contributed by atoms with Gasteiger partial charge in [0.25, 0.3) is 0 Å². The molecule has 0 bridgehead atoms. The van der Waals surface area contributed by atoms with Crippen molar-refractivity contribution in [2.75, 3.05) is 0 Å². The average Bonchev–Trinajstić information content (AvgIpc) is 1.38. The van der Waals surface area contributed by atoms with Crippen LogP contribution in [-0.4, -0.2) is 35.5 Å². The normalized spacial score (nSPS) is 4.57. The summed E-state index contributed by atoms with van der Waals surface area (Å²) in [6.07, 6.45) is 0.722. The fourth-order valence-corrected chi connectivity index (χ4v) is 0. The summed E-state index contributed by atoms with van der Waals surface area (Å²) < 4.78 is 0. The van der Waals surface area contributed by atoms with E-state index in [1.807, 2.05) is 0 Å². The van der Waals surface area contributed by atoms with Crippen LogP contribution in [0, 0.1) is 0 Å². The van der Waals surface area contributed by atoms with Crippen molar-refractivity contribution in [1.82, 2.24) is 0 Å². The topological polar surface area (TPSA) is 40.1 Å². The Morgan fingerprint density at radius 1 is 1.71 bits per heavy atom. The van der Waals surface area contributed by atoms with Gasteiger partial charge in [-0.3, -0.25) is 0 Å². The Labute approximate surface area is 107 Å². The van der Waals surface area contributed by atoms with Crippen LogP contribution >= 0.6 is 0 Å². The van der Waals surface area contributed by atoms with Gasteiger partial charge in [0.2, 0.25) is 0 Å². The SMILES string of the molecule is C=CC(=O)[O-].[K+].[NaH]. The number of hydrogen-bond donors (Lipinski definition) is 0. The molecule has 0 aromatic rings. The first-order valence-electron chi connectivity index (χ1n) is 1.11. The second-order valence-electron chi connectivity index (χ2n) is 0.523. The van der Waals surface area contributed by atoms with Crippen molar-refractivity contribution in [3.8, 4) is 0 Å². The minimum atomic E-state index is -1.23. The molecule has 0 aliphatic rings. The standard InChI is InChI=1S/C3H4O2.K.Na.H/c1-2-3(4)5;;;/h2H,1H2,(H,4,5);;;/q;+1;;/p-1. The average molecular weight is 134 g/mol. The molecule has 0 atom stereocenters. The molecule has 0 radical (unpaired) electrons. The van der Waals surface area contributed by atoms with Gasteiger partial charge >= 0.3 is 80.9 Å². The summed E-state index contributed by atoms with van der Waals surface area (Å²) in [5.74, 6) is -1.23. The maximum atomic E-state index is 9.14. The van der Waals surface area contributed by atoms with Gasteiger partial charge in [-0.05, 0) is 6.08 Å². The Hall–Kier alpha value is 1.85. The molecule has 0 saturated heterocycles. The van der Waals surface area contributed by atoms with Gasteiger partial charge in [-0.1, -0.05) is 6.58 Å². The molecule has 0 rings (SSSR count). The molecular formula is C3H4KNaO2. The molecule has 0 aliphatic carbocycles. The van der Waals surface area contributed by atoms with Crippen molar-refractivity contribution in [1.29, 1.82) is 0 Å². The van der Waals surface area contributed by atoms with Gasteiger partial charge in [-0.15, -0.1) is 0 Å². The van der Waals surface area contributed by atoms with Crippen LogP contribution in [0.4, 0.5) is 0 Å². The molecule has 0 aliphatic heterocycles. The molecule has 0 heterocycles. The van der Waals surface area contributed by atoms with E-state index in [2.05, 4.69) is 6.58 Å². The summed E-state index contributed by atoms with van der Waals surface area (Å²) in [5.41, 5.74) is 0. The van der Waals surface area contributed by atoms with Crippen molar-refractivity contribution in [2.24, 2.45) is 0 Å². The van der Waals surface area contributed by atoms with E-state index in [-0.39, 0.29) is 80.9 Å². The van der Waals surface area contributed by atoms with Gasteiger partial charge in [0.1, 0.15) is 0 Å². The monoisotopic (exact) mass is 134 g/mol. The van der Waals surface area contributed by atoms with E-state index in [4.69, 9.17) is 9.90 Å². The van der Waals surface area contributed by atoms with Crippen molar-refractivity contribution >= 4 is 35.5 Å². The molecule has 30 valence electrons. The molecule has 0 aromatic heterocycles. The number of rotatable bonds is 1. The molecule has 4 heteroatoms. The quantitative estimate of drug-likeness (QED) is 0.267. The van der Waals surface area contributed by atoms with E-state index in [1.165, 1.54) is 0 Å². The Morgan fingerprint density at radius 3 is 1.86 bits per heavy atom. The summed E-state index contributed by atoms with van der Waals surface area (Å²) in [7, 11) is 0. The van der Waals surface area contributed by atoms with E-state index >= 15 is 0 Å². The summed E-state index contributed by atoms with van der Waals surface area (Å²) in [6, 6.07) is 0. The van der Waals surface area contributed by atoms with E-state index in [0.29, 0.717) is 0 Å². The molecule has 0 spiro atoms. The zero-order chi connectivity index (χ0) is 4.28. The molecule has 0 fully saturated rings. The number of aliphatic carboxylic acids is 1. The van der Waals surface area contributed by atoms with Crippen LogP contribution < -0.4 is 56.5 Å². The second kappa shape index (κ2) is 10.8. The predicted octanol–water partition coefficient (Wildman–Crippen LogP) is -4.72. The van der Waals surface area contributed by atoms with Crippen LogP contribution in [0.1, 0.15) is 0 Å². The van der Waals surface area contributed by atoms with Crippen molar-refractivity contribution in [3.05, 3.63) is 12.7 Å². The summed E-state index contributed by atoms with van der Waals surface area (Å²) in [5, 5.41) is 9.14. The van der Waals surface area contributed by atoms with Crippen LogP contribution in [0.25, 0.3) is 0 Å². The fourth-order valence-electron chi connectivity index (χ4n) is 0. The third-order valence-electron chi connectivity index (χ3n) is 0.167. The molecule has 0 amide bonds. The van der Waals surface area contributed by atoms with Gasteiger partial charge in [0, 0.05) is 0 Å². The van der Waals surface area contributed by atoms with E-state index < -0.39 is 5.97 Å². The van der Waals surface area contributed by atoms with Crippen molar-refractivity contribution < 1.29 is 61.3 Å². The third-order valence-corrected chi connectivity index (χ3v) is 0.167. The Bertz CT molecular complexity index is 64.0. The zero-order valence-electron chi connectivity index (χ0n) is 3.60. The number of carboxylic acids is 1. The Kier molecular flexibility index (Phi) is 24.5. The summed E-state index contributed by atoms with van der Waals surface area (Å²) >= 11 is 0. The molecule has 7 heavy (non-hydrogen) atoms. The molecular weight excluding hydrogens is 130 g/mol. The van der Waals surface area contributed by atoms with Gasteiger partial charge in [-0.25, -0.2) is 0 Å². The molecule has 0 N–H and O–H groups in total. The first kappa shape index (κ1) is 15.9. The minimum absolute atomic E-state index is 0. The van der Waals surface area contributed by atoms with Gasteiger partial charge in [-0.2, -0.15) is 0 Å². The van der Waals surface area contributed by atoms with E-state index in [9.17, 15) is 0 Å². The molecule has 2 nitrogen and oxygen atoms in total. The summed E-state index contributed by atoms with van der Waals surface area (Å²) in [6.45, 7) is 2.90. The zero-order valence-corrected chi connectivity index (χ0v) is 6.72. The van der Waals surface area contributed by atoms with Gasteiger partial charge in [0.15, 0.2) is 0 Å². The third kappa shape index (κ3) is 18.1. The first-order chi connectivity index (χ1) is 2.27. The molecule has 0 saturated carbocycles. The molecule has 0 unspecified atom stereocenters. The first-order valence-corrected chi connectivity index (χ1v) is 1.11. The van der Waals surface area contributed by atoms with Gasteiger partial charge in [0.05, 0.1) is 5.97 Å². The van der Waals surface area contributed by atoms with Crippen LogP contribution in [0.15, 0.2) is 12.7 Å². The van der Waals surface area contributed by atoms with E-state index in [0.717, 1.165) is 6.08 Å². The van der Waals surface area contributed by atoms with Crippen LogP contribution in [-0.2, 0) is 4.79 Å². The Morgan fingerprint density at radius 2 is 1.86 bits per heavy atom. The Balaban J connectivity index is -0.0000000800. The number of carboxylic acid groups (broad SMARTS) is 1. The van der Waals surface area contributed by atoms with E-state index in [1.54, 1.807) is 0 Å². The van der Waals surface area contributed by atoms with Crippen LogP contribution in [0.3, 0.4) is 0 Å². The summed E-state index contributed by atoms with van der Waals surface area (Å²) in [4.78, 5) is 9.14. The predicted molar refractivity (Wildman–Crippen MR) is 22.4 cm³/mol. The number of hydrogen-bond acceptors (Lipinski definition) is 2. The van der Waals surface area contributed by atoms with Gasteiger partial charge < -0.3 is 9.90 Å². The van der Waals surface area contributed by atoms with Crippen molar-refractivity contribution in [2.45, 2.75) is 0 Å². The molecule has 0 aromatic carbocycles. The van der Waals surface area contributed by atoms with Crippen LogP contribution in [0.2, 0.25) is 0 Å². The maximum absolute atomic E-state index is 9.14. The van der Waals surface area contributed by atoms with Crippen molar-refractivity contribution in [3.63, 3.8) is 0 Å². The fraction of sp³-hybridized carbons (Fsp3) is 0. The second-order valence-corrected chi connectivity index (χ2v) is 0.523. The number of carbonyl (C=O) groups excluding carboxylic acids is 1. The number of carbonyl (C=O) groups is 1. The van der Waals surface area contributed by atoms with Crippen LogP contribution in [0.5, 0.6) is 0 Å².